The second-order valence-corrected chi connectivity index (χ2v) is 8.48. The van der Waals surface area contributed by atoms with Gasteiger partial charge < -0.3 is 16.0 Å². The molecule has 3 heterocycles. The molecule has 4 aromatic rings. The molecule has 0 atom stereocenters. The minimum atomic E-state index is 0. The average Bonchev–Trinajstić information content (AvgIpc) is 3.22. The molecule has 2 aromatic heterocycles. The Hall–Kier alpha value is -2.80. The monoisotopic (exact) mass is 468 g/mol. The predicted octanol–water partition coefficient (Wildman–Crippen LogP) is 5.36. The van der Waals surface area contributed by atoms with Gasteiger partial charge in [0, 0.05) is 54.0 Å². The van der Waals surface area contributed by atoms with Crippen LogP contribution in [0.5, 0.6) is 0 Å². The Labute approximate surface area is 198 Å². The number of aromatic amines is 1. The van der Waals surface area contributed by atoms with Crippen molar-refractivity contribution in [2.75, 3.05) is 24.1 Å². The van der Waals surface area contributed by atoms with Gasteiger partial charge in [-0.05, 0) is 36.6 Å². The van der Waals surface area contributed by atoms with E-state index in [1.54, 1.807) is 6.20 Å². The van der Waals surface area contributed by atoms with Crippen LogP contribution in [0.2, 0.25) is 5.02 Å². The number of anilines is 2. The average molecular weight is 469 g/mol. The molecule has 6 nitrogen and oxygen atoms in total. The zero-order valence-corrected chi connectivity index (χ0v) is 19.2. The Kier molecular flexibility index (Phi) is 6.84. The molecule has 5 rings (SSSR count). The maximum absolute atomic E-state index is 6.46. The molecule has 1 aliphatic heterocycles. The van der Waals surface area contributed by atoms with E-state index in [1.165, 1.54) is 5.56 Å². The lowest BCUT2D eigenvalue weighted by atomic mass is 10.0. The molecule has 1 fully saturated rings. The highest BCUT2D eigenvalue weighted by atomic mass is 35.5. The predicted molar refractivity (Wildman–Crippen MR) is 134 cm³/mol. The zero-order valence-electron chi connectivity index (χ0n) is 17.6. The van der Waals surface area contributed by atoms with Crippen molar-refractivity contribution < 1.29 is 0 Å². The second-order valence-electron chi connectivity index (χ2n) is 8.07. The first kappa shape index (κ1) is 22.4. The Morgan fingerprint density at radius 2 is 1.84 bits per heavy atom. The molecule has 0 unspecified atom stereocenters. The fourth-order valence-corrected chi connectivity index (χ4v) is 4.39. The maximum atomic E-state index is 6.46. The number of piperidine rings is 1. The Morgan fingerprint density at radius 1 is 1.09 bits per heavy atom. The molecule has 8 heteroatoms. The maximum Gasteiger partial charge on any atom is 0.223 e. The fourth-order valence-electron chi connectivity index (χ4n) is 4.19. The summed E-state index contributed by atoms with van der Waals surface area (Å²) >= 11 is 6.46. The lowest BCUT2D eigenvalue weighted by Crippen LogP contribution is -2.39. The third-order valence-electron chi connectivity index (χ3n) is 5.90. The van der Waals surface area contributed by atoms with Crippen LogP contribution in [-0.4, -0.2) is 39.0 Å². The first-order chi connectivity index (χ1) is 15.2. The Morgan fingerprint density at radius 3 is 2.62 bits per heavy atom. The summed E-state index contributed by atoms with van der Waals surface area (Å²) in [5, 5.41) is 5.17. The van der Waals surface area contributed by atoms with Crippen LogP contribution in [0, 0.1) is 0 Å². The lowest BCUT2D eigenvalue weighted by Gasteiger charge is -2.32. The van der Waals surface area contributed by atoms with Crippen LogP contribution in [0.1, 0.15) is 18.4 Å². The fraction of sp³-hybridized carbons (Fsp3) is 0.250. The van der Waals surface area contributed by atoms with Crippen LogP contribution in [0.25, 0.3) is 22.2 Å². The SMILES string of the molecule is Cl.Nc1ccc(CN2CCC(Nc3ncc(Cl)c(-c4c[nH]c5ccccc45)n3)CC2)cc1. The molecule has 1 aliphatic rings. The molecule has 0 spiro atoms. The number of hydrogen-bond acceptors (Lipinski definition) is 5. The first-order valence-electron chi connectivity index (χ1n) is 10.6. The molecule has 4 N–H and O–H groups in total. The molecule has 32 heavy (non-hydrogen) atoms. The minimum absolute atomic E-state index is 0. The smallest absolute Gasteiger partial charge is 0.223 e. The molecule has 0 aliphatic carbocycles. The summed E-state index contributed by atoms with van der Waals surface area (Å²) in [5.41, 5.74) is 10.7. The van der Waals surface area contributed by atoms with Crippen molar-refractivity contribution in [2.24, 2.45) is 0 Å². The lowest BCUT2D eigenvalue weighted by molar-refractivity contribution is 0.211. The van der Waals surface area contributed by atoms with Crippen LogP contribution >= 0.6 is 24.0 Å². The van der Waals surface area contributed by atoms with Gasteiger partial charge in [-0.15, -0.1) is 12.4 Å². The largest absolute Gasteiger partial charge is 0.399 e. The number of para-hydroxylation sites is 1. The van der Waals surface area contributed by atoms with Gasteiger partial charge in [0.2, 0.25) is 5.95 Å². The van der Waals surface area contributed by atoms with Crippen LogP contribution in [0.3, 0.4) is 0 Å². The summed E-state index contributed by atoms with van der Waals surface area (Å²) in [7, 11) is 0. The van der Waals surface area contributed by atoms with Crippen molar-refractivity contribution in [1.82, 2.24) is 19.9 Å². The van der Waals surface area contributed by atoms with Gasteiger partial charge in [0.25, 0.3) is 0 Å². The summed E-state index contributed by atoms with van der Waals surface area (Å²) in [6.45, 7) is 3.02. The van der Waals surface area contributed by atoms with E-state index in [0.717, 1.165) is 60.3 Å². The summed E-state index contributed by atoms with van der Waals surface area (Å²) in [6, 6.07) is 16.6. The van der Waals surface area contributed by atoms with Gasteiger partial charge in [0.1, 0.15) is 0 Å². The van der Waals surface area contributed by atoms with Crippen molar-refractivity contribution in [3.8, 4) is 11.3 Å². The van der Waals surface area contributed by atoms with E-state index < -0.39 is 0 Å². The molecule has 0 radical (unpaired) electrons. The van der Waals surface area contributed by atoms with E-state index in [0.29, 0.717) is 17.0 Å². The Bertz CT molecular complexity index is 1180. The summed E-state index contributed by atoms with van der Waals surface area (Å²) < 4.78 is 0. The molecular formula is C24H26Cl2N6. The van der Waals surface area contributed by atoms with Crippen molar-refractivity contribution >= 4 is 46.5 Å². The highest BCUT2D eigenvalue weighted by Crippen LogP contribution is 2.32. The second kappa shape index (κ2) is 9.77. The van der Waals surface area contributed by atoms with Gasteiger partial charge in [0.05, 0.1) is 16.9 Å². The molecule has 0 bridgehead atoms. The van der Waals surface area contributed by atoms with E-state index in [4.69, 9.17) is 22.3 Å². The van der Waals surface area contributed by atoms with Gasteiger partial charge in [-0.2, -0.15) is 0 Å². The number of nitrogens with one attached hydrogen (secondary N) is 2. The van der Waals surface area contributed by atoms with E-state index >= 15 is 0 Å². The zero-order chi connectivity index (χ0) is 21.2. The molecule has 1 saturated heterocycles. The minimum Gasteiger partial charge on any atom is -0.399 e. The van der Waals surface area contributed by atoms with Crippen molar-refractivity contribution in [3.05, 3.63) is 71.5 Å². The van der Waals surface area contributed by atoms with E-state index in [2.05, 4.69) is 38.4 Å². The molecule has 0 amide bonds. The number of nitrogen functional groups attached to an aromatic ring is 1. The number of rotatable bonds is 5. The summed E-state index contributed by atoms with van der Waals surface area (Å²) in [5.74, 6) is 0.627. The van der Waals surface area contributed by atoms with Gasteiger partial charge in [-0.1, -0.05) is 41.9 Å². The molecule has 0 saturated carbocycles. The number of hydrogen-bond donors (Lipinski definition) is 3. The summed E-state index contributed by atoms with van der Waals surface area (Å²) in [6.07, 6.45) is 5.73. The number of benzene rings is 2. The number of aromatic nitrogens is 3. The van der Waals surface area contributed by atoms with Crippen LogP contribution in [0.15, 0.2) is 60.9 Å². The number of likely N-dealkylation sites (tertiary alicyclic amines) is 1. The van der Waals surface area contributed by atoms with E-state index in [9.17, 15) is 0 Å². The molecule has 2 aromatic carbocycles. The van der Waals surface area contributed by atoms with Crippen LogP contribution in [-0.2, 0) is 6.54 Å². The number of H-pyrrole nitrogens is 1. The number of fused-ring (bicyclic) bond motifs is 1. The third kappa shape index (κ3) is 4.83. The van der Waals surface area contributed by atoms with Gasteiger partial charge in [-0.25, -0.2) is 9.97 Å². The molecule has 166 valence electrons. The highest BCUT2D eigenvalue weighted by Gasteiger charge is 2.21. The quantitative estimate of drug-likeness (QED) is 0.343. The van der Waals surface area contributed by atoms with Crippen LogP contribution < -0.4 is 11.1 Å². The van der Waals surface area contributed by atoms with Crippen molar-refractivity contribution in [3.63, 3.8) is 0 Å². The van der Waals surface area contributed by atoms with Crippen molar-refractivity contribution in [1.29, 1.82) is 0 Å². The van der Waals surface area contributed by atoms with E-state index in [-0.39, 0.29) is 12.4 Å². The van der Waals surface area contributed by atoms with Gasteiger partial charge in [-0.3, -0.25) is 4.90 Å². The van der Waals surface area contributed by atoms with Crippen LogP contribution in [0.4, 0.5) is 11.6 Å². The van der Waals surface area contributed by atoms with Crippen molar-refractivity contribution in [2.45, 2.75) is 25.4 Å². The van der Waals surface area contributed by atoms with Gasteiger partial charge >= 0.3 is 0 Å². The third-order valence-corrected chi connectivity index (χ3v) is 6.17. The number of nitrogens with zero attached hydrogens (tertiary/aromatic N) is 3. The number of nitrogens with two attached hydrogens (primary N) is 1. The van der Waals surface area contributed by atoms with E-state index in [1.807, 2.05) is 36.5 Å². The molecular weight excluding hydrogens is 443 g/mol. The van der Waals surface area contributed by atoms with Gasteiger partial charge in [0.15, 0.2) is 0 Å². The Balaban J connectivity index is 0.00000245. The number of halogens is 2. The highest BCUT2D eigenvalue weighted by molar-refractivity contribution is 6.33. The topological polar surface area (TPSA) is 82.9 Å². The standard InChI is InChI=1S/C24H25ClN6.ClH/c25-21-14-28-24(30-23(21)20-13-27-22-4-2-1-3-19(20)22)29-18-9-11-31(12-10-18)15-16-5-7-17(26)8-6-16;/h1-8,13-14,18,27H,9-12,15,26H2,(H,28,29,30);1H. The first-order valence-corrected chi connectivity index (χ1v) is 11.0. The normalized spacial score (nSPS) is 14.9. The summed E-state index contributed by atoms with van der Waals surface area (Å²) in [4.78, 5) is 14.9.